The molecule has 28 heavy (non-hydrogen) atoms. The van der Waals surface area contributed by atoms with Gasteiger partial charge in [-0.2, -0.15) is 0 Å². The van der Waals surface area contributed by atoms with Crippen LogP contribution in [-0.4, -0.2) is 26.4 Å². The second-order valence-corrected chi connectivity index (χ2v) is 7.95. The molecule has 6 nitrogen and oxygen atoms in total. The molecule has 3 aromatic rings. The topological polar surface area (TPSA) is 79.8 Å². The molecule has 0 spiro atoms. The van der Waals surface area contributed by atoms with E-state index in [0.29, 0.717) is 28.8 Å². The maximum absolute atomic E-state index is 12.2. The monoisotopic (exact) mass is 456 g/mol. The van der Waals surface area contributed by atoms with Gasteiger partial charge < -0.3 is 5.32 Å². The number of aryl methyl sites for hydroxylation is 1. The fourth-order valence-corrected chi connectivity index (χ4v) is 3.80. The van der Waals surface area contributed by atoms with Crippen molar-refractivity contribution in [2.75, 3.05) is 11.1 Å². The summed E-state index contributed by atoms with van der Waals surface area (Å²) in [4.78, 5) is 24.2. The molecule has 0 unspecified atom stereocenters. The number of H-pyrrole nitrogens is 1. The first kappa shape index (κ1) is 20.8. The molecule has 1 heterocycles. The summed E-state index contributed by atoms with van der Waals surface area (Å²) in [5, 5.41) is 10.4. The van der Waals surface area contributed by atoms with E-state index in [1.165, 1.54) is 16.7 Å². The van der Waals surface area contributed by atoms with E-state index >= 15 is 0 Å². The van der Waals surface area contributed by atoms with Crippen molar-refractivity contribution >= 4 is 58.2 Å². The Kier molecular flexibility index (Phi) is 7.07. The minimum Gasteiger partial charge on any atom is -0.324 e. The van der Waals surface area contributed by atoms with Gasteiger partial charge >= 0.3 is 5.69 Å². The minimum absolute atomic E-state index is 0.0478. The van der Waals surface area contributed by atoms with Crippen molar-refractivity contribution in [3.8, 4) is 0 Å². The number of hydrogen-bond donors (Lipinski definition) is 2. The Labute approximate surface area is 180 Å². The first-order chi connectivity index (χ1) is 13.4. The molecular formula is C18H15Cl3N4O2S. The van der Waals surface area contributed by atoms with Gasteiger partial charge in [0.1, 0.15) is 0 Å². The number of thioether (sulfide) groups is 1. The van der Waals surface area contributed by atoms with Crippen LogP contribution in [-0.2, 0) is 17.8 Å². The quantitative estimate of drug-likeness (QED) is 0.404. The van der Waals surface area contributed by atoms with Crippen molar-refractivity contribution in [3.63, 3.8) is 0 Å². The van der Waals surface area contributed by atoms with E-state index in [4.69, 9.17) is 34.8 Å². The van der Waals surface area contributed by atoms with Crippen molar-refractivity contribution in [1.82, 2.24) is 14.8 Å². The van der Waals surface area contributed by atoms with E-state index in [-0.39, 0.29) is 27.4 Å². The predicted molar refractivity (Wildman–Crippen MR) is 114 cm³/mol. The van der Waals surface area contributed by atoms with Gasteiger partial charge in [-0.1, -0.05) is 76.9 Å². The van der Waals surface area contributed by atoms with Crippen molar-refractivity contribution < 1.29 is 4.79 Å². The number of halogens is 3. The standard InChI is InChI=1S/C18H15Cl3N4O2S/c19-12-8-14(21)15(9-13(12)20)22-16(26)10-28-18-24-23-17(27)25(18)7-6-11-4-2-1-3-5-11/h1-5,8-9H,6-7,10H2,(H,22,26)(H,23,27). The average Bonchev–Trinajstić information content (AvgIpc) is 3.03. The highest BCUT2D eigenvalue weighted by molar-refractivity contribution is 7.99. The molecule has 0 aliphatic heterocycles. The number of aromatic nitrogens is 3. The number of aromatic amines is 1. The highest BCUT2D eigenvalue weighted by Crippen LogP contribution is 2.32. The molecule has 10 heteroatoms. The molecule has 2 N–H and O–H groups in total. The van der Waals surface area contributed by atoms with Crippen LogP contribution < -0.4 is 11.0 Å². The maximum atomic E-state index is 12.2. The van der Waals surface area contributed by atoms with Crippen LogP contribution in [0.4, 0.5) is 5.69 Å². The van der Waals surface area contributed by atoms with Crippen LogP contribution in [0.3, 0.4) is 0 Å². The van der Waals surface area contributed by atoms with Crippen LogP contribution >= 0.6 is 46.6 Å². The van der Waals surface area contributed by atoms with Crippen molar-refractivity contribution in [2.24, 2.45) is 0 Å². The van der Waals surface area contributed by atoms with Gasteiger partial charge in [0, 0.05) is 6.54 Å². The molecule has 0 atom stereocenters. The van der Waals surface area contributed by atoms with Crippen molar-refractivity contribution in [2.45, 2.75) is 18.1 Å². The Morgan fingerprint density at radius 1 is 1.11 bits per heavy atom. The number of carbonyl (C=O) groups excluding carboxylic acids is 1. The van der Waals surface area contributed by atoms with Gasteiger partial charge in [-0.05, 0) is 24.1 Å². The van der Waals surface area contributed by atoms with E-state index in [1.54, 1.807) is 0 Å². The molecule has 0 aliphatic carbocycles. The smallest absolute Gasteiger partial charge is 0.324 e. The normalized spacial score (nSPS) is 10.8. The minimum atomic E-state index is -0.314. The molecule has 2 aromatic carbocycles. The molecule has 0 bridgehead atoms. The fraction of sp³-hybridized carbons (Fsp3) is 0.167. The summed E-state index contributed by atoms with van der Waals surface area (Å²) < 4.78 is 1.51. The number of amides is 1. The Morgan fingerprint density at radius 2 is 1.82 bits per heavy atom. The third-order valence-electron chi connectivity index (χ3n) is 3.81. The second-order valence-electron chi connectivity index (χ2n) is 5.78. The molecule has 1 amide bonds. The Bertz CT molecular complexity index is 1040. The van der Waals surface area contributed by atoms with Crippen LogP contribution in [0.2, 0.25) is 15.1 Å². The zero-order valence-electron chi connectivity index (χ0n) is 14.4. The van der Waals surface area contributed by atoms with Gasteiger partial charge in [0.05, 0.1) is 26.5 Å². The van der Waals surface area contributed by atoms with E-state index in [0.717, 1.165) is 17.3 Å². The third-order valence-corrected chi connectivity index (χ3v) is 5.82. The summed E-state index contributed by atoms with van der Waals surface area (Å²) in [6.45, 7) is 0.460. The average molecular weight is 458 g/mol. The molecule has 3 rings (SSSR count). The molecule has 1 aromatic heterocycles. The van der Waals surface area contributed by atoms with Crippen LogP contribution in [0.1, 0.15) is 5.56 Å². The Balaban J connectivity index is 1.61. The van der Waals surface area contributed by atoms with Gasteiger partial charge in [-0.15, -0.1) is 5.10 Å². The lowest BCUT2D eigenvalue weighted by molar-refractivity contribution is -0.113. The van der Waals surface area contributed by atoms with E-state index in [1.807, 2.05) is 30.3 Å². The van der Waals surface area contributed by atoms with Gasteiger partial charge in [0.25, 0.3) is 0 Å². The van der Waals surface area contributed by atoms with E-state index in [9.17, 15) is 9.59 Å². The number of benzene rings is 2. The molecule has 0 saturated heterocycles. The number of rotatable bonds is 7. The number of nitrogens with zero attached hydrogens (tertiary/aromatic N) is 2. The molecule has 0 fully saturated rings. The summed E-state index contributed by atoms with van der Waals surface area (Å²) in [5.74, 6) is -0.262. The highest BCUT2D eigenvalue weighted by atomic mass is 35.5. The summed E-state index contributed by atoms with van der Waals surface area (Å²) in [6.07, 6.45) is 0.679. The lowest BCUT2D eigenvalue weighted by atomic mass is 10.1. The zero-order valence-corrected chi connectivity index (χ0v) is 17.5. The van der Waals surface area contributed by atoms with Crippen LogP contribution in [0.5, 0.6) is 0 Å². The van der Waals surface area contributed by atoms with Gasteiger partial charge in [-0.25, -0.2) is 9.89 Å². The van der Waals surface area contributed by atoms with Crippen LogP contribution in [0, 0.1) is 0 Å². The molecule has 0 radical (unpaired) electrons. The molecule has 0 aliphatic rings. The Hall–Kier alpha value is -1.93. The Morgan fingerprint density at radius 3 is 2.57 bits per heavy atom. The number of carbonyl (C=O) groups is 1. The number of anilines is 1. The van der Waals surface area contributed by atoms with Crippen molar-refractivity contribution in [1.29, 1.82) is 0 Å². The van der Waals surface area contributed by atoms with Crippen LogP contribution in [0.15, 0.2) is 52.4 Å². The first-order valence-corrected chi connectivity index (χ1v) is 10.3. The third kappa shape index (κ3) is 5.32. The lowest BCUT2D eigenvalue weighted by Gasteiger charge is -2.09. The van der Waals surface area contributed by atoms with Crippen molar-refractivity contribution in [3.05, 3.63) is 73.6 Å². The van der Waals surface area contributed by atoms with Gasteiger partial charge in [0.2, 0.25) is 5.91 Å². The van der Waals surface area contributed by atoms with E-state index in [2.05, 4.69) is 15.5 Å². The van der Waals surface area contributed by atoms with Gasteiger partial charge in [0.15, 0.2) is 5.16 Å². The van der Waals surface area contributed by atoms with E-state index < -0.39 is 0 Å². The largest absolute Gasteiger partial charge is 0.343 e. The summed E-state index contributed by atoms with van der Waals surface area (Å²) >= 11 is 19.0. The molecular weight excluding hydrogens is 443 g/mol. The summed E-state index contributed by atoms with van der Waals surface area (Å²) in [5.41, 5.74) is 1.16. The highest BCUT2D eigenvalue weighted by Gasteiger charge is 2.13. The second kappa shape index (κ2) is 9.52. The first-order valence-electron chi connectivity index (χ1n) is 8.20. The fourth-order valence-electron chi connectivity index (χ4n) is 2.43. The summed E-state index contributed by atoms with van der Waals surface area (Å²) in [7, 11) is 0. The zero-order chi connectivity index (χ0) is 20.1. The predicted octanol–water partition coefficient (Wildman–Crippen LogP) is 4.51. The van der Waals surface area contributed by atoms with Crippen LogP contribution in [0.25, 0.3) is 0 Å². The number of nitrogens with one attached hydrogen (secondary N) is 2. The molecule has 0 saturated carbocycles. The lowest BCUT2D eigenvalue weighted by Crippen LogP contribution is -2.20. The summed E-state index contributed by atoms with van der Waals surface area (Å²) in [6, 6.07) is 12.8. The van der Waals surface area contributed by atoms with Gasteiger partial charge in [-0.3, -0.25) is 9.36 Å². The maximum Gasteiger partial charge on any atom is 0.343 e. The number of hydrogen-bond acceptors (Lipinski definition) is 4. The SMILES string of the molecule is O=C(CSc1n[nH]c(=O)n1CCc1ccccc1)Nc1cc(Cl)c(Cl)cc1Cl. The molecule has 146 valence electrons.